The molecule has 1 N–H and O–H groups in total. The lowest BCUT2D eigenvalue weighted by molar-refractivity contribution is 0.102. The van der Waals surface area contributed by atoms with E-state index < -0.39 is 0 Å². The van der Waals surface area contributed by atoms with Crippen LogP contribution in [0.4, 0.5) is 5.82 Å². The monoisotopic (exact) mass is 374 g/mol. The highest BCUT2D eigenvalue weighted by Gasteiger charge is 2.17. The summed E-state index contributed by atoms with van der Waals surface area (Å²) < 4.78 is 6.18. The van der Waals surface area contributed by atoms with Crippen molar-refractivity contribution < 1.29 is 9.53 Å². The number of ether oxygens (including phenoxy) is 1. The summed E-state index contributed by atoms with van der Waals surface area (Å²) in [6.07, 6.45) is 2.94. The number of hydrogen-bond acceptors (Lipinski definition) is 5. The third kappa shape index (κ3) is 4.92. The lowest BCUT2D eigenvalue weighted by Gasteiger charge is -2.21. The quantitative estimate of drug-likeness (QED) is 0.799. The molecular formula is C19H22N2O2S2. The highest BCUT2D eigenvalue weighted by molar-refractivity contribution is 8.16. The van der Waals surface area contributed by atoms with Crippen molar-refractivity contribution in [1.82, 2.24) is 4.98 Å². The van der Waals surface area contributed by atoms with Gasteiger partial charge in [-0.25, -0.2) is 4.98 Å². The molecule has 0 spiro atoms. The molecule has 25 heavy (non-hydrogen) atoms. The van der Waals surface area contributed by atoms with Crippen LogP contribution in [0.2, 0.25) is 0 Å². The summed E-state index contributed by atoms with van der Waals surface area (Å²) in [7, 11) is 0. The first-order valence-electron chi connectivity index (χ1n) is 8.39. The van der Waals surface area contributed by atoms with E-state index in [9.17, 15) is 4.79 Å². The number of rotatable bonds is 5. The van der Waals surface area contributed by atoms with Gasteiger partial charge in [-0.2, -0.15) is 0 Å². The fourth-order valence-electron chi connectivity index (χ4n) is 2.49. The maximum atomic E-state index is 12.5. The molecule has 1 saturated heterocycles. The second-order valence-electron chi connectivity index (χ2n) is 6.02. The van der Waals surface area contributed by atoms with Gasteiger partial charge >= 0.3 is 0 Å². The van der Waals surface area contributed by atoms with Crippen molar-refractivity contribution in [2.45, 2.75) is 31.0 Å². The summed E-state index contributed by atoms with van der Waals surface area (Å²) in [6, 6.07) is 11.5. The number of amides is 1. The molecule has 1 aliphatic heterocycles. The summed E-state index contributed by atoms with van der Waals surface area (Å²) in [5.74, 6) is 3.26. The molecule has 3 rings (SSSR count). The normalized spacial score (nSPS) is 15.2. The second-order valence-corrected chi connectivity index (χ2v) is 8.74. The first-order valence-corrected chi connectivity index (χ1v) is 10.5. The Balaban J connectivity index is 1.69. The van der Waals surface area contributed by atoms with E-state index in [0.717, 1.165) is 0 Å². The van der Waals surface area contributed by atoms with Crippen LogP contribution in [0.1, 0.15) is 40.8 Å². The molecule has 1 fully saturated rings. The van der Waals surface area contributed by atoms with E-state index in [1.54, 1.807) is 12.3 Å². The third-order valence-electron chi connectivity index (χ3n) is 3.64. The molecule has 132 valence electrons. The Morgan fingerprint density at radius 3 is 2.60 bits per heavy atom. The van der Waals surface area contributed by atoms with Crippen molar-refractivity contribution in [3.8, 4) is 5.75 Å². The van der Waals surface area contributed by atoms with Crippen molar-refractivity contribution in [3.05, 3.63) is 53.7 Å². The van der Waals surface area contributed by atoms with E-state index in [0.29, 0.717) is 21.7 Å². The molecule has 1 aromatic carbocycles. The van der Waals surface area contributed by atoms with E-state index >= 15 is 0 Å². The van der Waals surface area contributed by atoms with Gasteiger partial charge in [-0.15, -0.1) is 23.5 Å². The van der Waals surface area contributed by atoms with Crippen LogP contribution in [-0.2, 0) is 0 Å². The number of carbonyl (C=O) groups excluding carboxylic acids is 1. The van der Waals surface area contributed by atoms with Crippen LogP contribution in [-0.4, -0.2) is 28.5 Å². The molecule has 2 aromatic rings. The van der Waals surface area contributed by atoms with Crippen molar-refractivity contribution >= 4 is 35.2 Å². The van der Waals surface area contributed by atoms with Gasteiger partial charge in [0, 0.05) is 11.8 Å². The van der Waals surface area contributed by atoms with Crippen molar-refractivity contribution in [2.75, 3.05) is 16.8 Å². The van der Waals surface area contributed by atoms with E-state index in [-0.39, 0.29) is 12.0 Å². The number of aromatic nitrogens is 1. The Kier molecular flexibility index (Phi) is 6.26. The summed E-state index contributed by atoms with van der Waals surface area (Å²) in [5.41, 5.74) is 1.89. The summed E-state index contributed by atoms with van der Waals surface area (Å²) >= 11 is 3.95. The van der Waals surface area contributed by atoms with E-state index in [1.165, 1.54) is 23.5 Å². The van der Waals surface area contributed by atoms with Gasteiger partial charge in [-0.1, -0.05) is 12.1 Å². The fraction of sp³-hybridized carbons (Fsp3) is 0.368. The molecule has 1 amide bonds. The van der Waals surface area contributed by atoms with Gasteiger partial charge in [0.2, 0.25) is 0 Å². The number of anilines is 1. The van der Waals surface area contributed by atoms with Crippen LogP contribution >= 0.6 is 23.5 Å². The molecule has 0 radical (unpaired) electrons. The van der Waals surface area contributed by atoms with Crippen LogP contribution in [0.5, 0.6) is 5.75 Å². The summed E-state index contributed by atoms with van der Waals surface area (Å²) in [5, 5.41) is 2.85. The lowest BCUT2D eigenvalue weighted by atomic mass is 10.1. The predicted molar refractivity (Wildman–Crippen MR) is 107 cm³/mol. The Morgan fingerprint density at radius 2 is 1.92 bits per heavy atom. The Labute approximate surface area is 157 Å². The first-order chi connectivity index (χ1) is 12.1. The molecule has 0 atom stereocenters. The maximum absolute atomic E-state index is 12.5. The number of carbonyl (C=O) groups is 1. The Morgan fingerprint density at radius 1 is 1.20 bits per heavy atom. The van der Waals surface area contributed by atoms with Gasteiger partial charge in [0.25, 0.3) is 5.91 Å². The largest absolute Gasteiger partial charge is 0.487 e. The Bertz CT molecular complexity index is 714. The van der Waals surface area contributed by atoms with Crippen LogP contribution in [0.15, 0.2) is 42.6 Å². The van der Waals surface area contributed by atoms with E-state index in [1.807, 2.05) is 55.6 Å². The van der Waals surface area contributed by atoms with Gasteiger partial charge in [-0.3, -0.25) is 4.79 Å². The number of nitrogens with zero attached hydrogens (tertiary/aromatic N) is 1. The molecule has 6 heteroatoms. The minimum Gasteiger partial charge on any atom is -0.487 e. The predicted octanol–water partition coefficient (Wildman–Crippen LogP) is 4.99. The molecule has 0 bridgehead atoms. The summed E-state index contributed by atoms with van der Waals surface area (Å²) in [6.45, 7) is 3.89. The van der Waals surface area contributed by atoms with Crippen LogP contribution in [0, 0.1) is 0 Å². The maximum Gasteiger partial charge on any atom is 0.256 e. The molecule has 4 nitrogen and oxygen atoms in total. The Hall–Kier alpha value is -1.66. The number of benzene rings is 1. The van der Waals surface area contributed by atoms with E-state index in [2.05, 4.69) is 22.4 Å². The zero-order valence-electron chi connectivity index (χ0n) is 14.4. The van der Waals surface area contributed by atoms with E-state index in [4.69, 9.17) is 4.74 Å². The van der Waals surface area contributed by atoms with Gasteiger partial charge in [0.15, 0.2) is 11.6 Å². The molecule has 0 unspecified atom stereocenters. The lowest BCUT2D eigenvalue weighted by Crippen LogP contribution is -2.15. The van der Waals surface area contributed by atoms with Crippen molar-refractivity contribution in [3.63, 3.8) is 0 Å². The highest BCUT2D eigenvalue weighted by atomic mass is 32.2. The van der Waals surface area contributed by atoms with Crippen molar-refractivity contribution in [1.29, 1.82) is 0 Å². The number of thioether (sulfide) groups is 2. The SMILES string of the molecule is CC(C)Oc1cccnc1NC(=O)c1ccc(C2SCCCS2)cc1. The molecule has 1 aromatic heterocycles. The molecule has 2 heterocycles. The van der Waals surface area contributed by atoms with Crippen LogP contribution in [0.3, 0.4) is 0 Å². The molecule has 0 aliphatic carbocycles. The number of pyridine rings is 1. The minimum atomic E-state index is -0.178. The average molecular weight is 375 g/mol. The third-order valence-corrected chi connectivity index (χ3v) is 6.65. The highest BCUT2D eigenvalue weighted by Crippen LogP contribution is 2.43. The fourth-order valence-corrected chi connectivity index (χ4v) is 5.38. The zero-order valence-corrected chi connectivity index (χ0v) is 16.0. The summed E-state index contributed by atoms with van der Waals surface area (Å²) in [4.78, 5) is 16.7. The van der Waals surface area contributed by atoms with Gasteiger partial charge in [0.1, 0.15) is 0 Å². The average Bonchev–Trinajstić information content (AvgIpc) is 2.64. The number of hydrogen-bond donors (Lipinski definition) is 1. The molecular weight excluding hydrogens is 352 g/mol. The van der Waals surface area contributed by atoms with Crippen molar-refractivity contribution in [2.24, 2.45) is 0 Å². The van der Waals surface area contributed by atoms with Gasteiger partial charge in [0.05, 0.1) is 10.7 Å². The van der Waals surface area contributed by atoms with Crippen LogP contribution in [0.25, 0.3) is 0 Å². The minimum absolute atomic E-state index is 0.0182. The van der Waals surface area contributed by atoms with Gasteiger partial charge < -0.3 is 10.1 Å². The topological polar surface area (TPSA) is 51.2 Å². The molecule has 1 aliphatic rings. The molecule has 0 saturated carbocycles. The van der Waals surface area contributed by atoms with Gasteiger partial charge in [-0.05, 0) is 61.6 Å². The standard InChI is InChI=1S/C19H22N2O2S2/c1-13(2)23-16-5-3-10-20-17(16)21-18(22)14-6-8-15(9-7-14)19-24-11-4-12-25-19/h3,5-10,13,19H,4,11-12H2,1-2H3,(H,20,21,22). The van der Waals surface area contributed by atoms with Crippen LogP contribution < -0.4 is 10.1 Å². The first kappa shape index (κ1) is 18.1. The smallest absolute Gasteiger partial charge is 0.256 e. The zero-order chi connectivity index (χ0) is 17.6. The second kappa shape index (κ2) is 8.63. The number of nitrogens with one attached hydrogen (secondary N) is 1.